The first kappa shape index (κ1) is 33.2. The molecule has 1 unspecified atom stereocenters. The number of aliphatic carboxylic acids is 1. The Balaban J connectivity index is 1.33. The molecule has 2 heterocycles. The lowest BCUT2D eigenvalue weighted by Gasteiger charge is -2.40. The highest BCUT2D eigenvalue weighted by Gasteiger charge is 2.46. The van der Waals surface area contributed by atoms with Gasteiger partial charge in [0.25, 0.3) is 11.8 Å². The van der Waals surface area contributed by atoms with Crippen LogP contribution in [0, 0.1) is 17.3 Å². The quantitative estimate of drug-likeness (QED) is 0.223. The molecule has 10 heteroatoms. The van der Waals surface area contributed by atoms with Crippen LogP contribution < -0.4 is 19.3 Å². The summed E-state index contributed by atoms with van der Waals surface area (Å²) >= 11 is 0. The number of carbonyl (C=O) groups excluding carboxylic acids is 1. The number of hydrogen-bond donors (Lipinski definition) is 1. The molecule has 1 N–H and O–H groups in total. The Hall–Kier alpha value is -4.21. The van der Waals surface area contributed by atoms with E-state index in [9.17, 15) is 14.7 Å². The van der Waals surface area contributed by atoms with Gasteiger partial charge in [-0.3, -0.25) is 14.5 Å². The maximum atomic E-state index is 15.8. The number of alkyl halides is 2. The van der Waals surface area contributed by atoms with Gasteiger partial charge in [-0.1, -0.05) is 39.0 Å². The van der Waals surface area contributed by atoms with Crippen LogP contribution >= 0.6 is 0 Å². The van der Waals surface area contributed by atoms with Gasteiger partial charge in [-0.15, -0.1) is 0 Å². The first-order valence-electron chi connectivity index (χ1n) is 15.8. The smallest absolute Gasteiger partial charge is 0.303 e. The molecule has 46 heavy (non-hydrogen) atoms. The number of carbonyl (C=O) groups is 2. The van der Waals surface area contributed by atoms with Gasteiger partial charge in [0.2, 0.25) is 0 Å². The first-order valence-corrected chi connectivity index (χ1v) is 15.8. The summed E-state index contributed by atoms with van der Waals surface area (Å²) in [5.74, 6) is -3.69. The van der Waals surface area contributed by atoms with E-state index in [4.69, 9.17) is 9.47 Å². The summed E-state index contributed by atoms with van der Waals surface area (Å²) in [5.41, 5.74) is 1.30. The lowest BCUT2D eigenvalue weighted by atomic mass is 9.91. The Morgan fingerprint density at radius 3 is 2.48 bits per heavy atom. The highest BCUT2D eigenvalue weighted by atomic mass is 19.3. The zero-order valence-electron chi connectivity index (χ0n) is 26.9. The third-order valence-electron chi connectivity index (χ3n) is 8.65. The van der Waals surface area contributed by atoms with E-state index in [2.05, 4.69) is 4.98 Å². The van der Waals surface area contributed by atoms with E-state index in [1.165, 1.54) is 7.11 Å². The number of rotatable bonds is 12. The number of anilines is 2. The van der Waals surface area contributed by atoms with E-state index in [1.807, 2.05) is 32.9 Å². The number of aromatic nitrogens is 1. The van der Waals surface area contributed by atoms with Gasteiger partial charge in [-0.05, 0) is 78.5 Å². The number of carboxylic acids is 1. The van der Waals surface area contributed by atoms with Crippen LogP contribution in [-0.2, 0) is 4.79 Å². The predicted octanol–water partition coefficient (Wildman–Crippen LogP) is 7.29. The summed E-state index contributed by atoms with van der Waals surface area (Å²) in [6.07, 6.45) is 3.79. The summed E-state index contributed by atoms with van der Waals surface area (Å²) < 4.78 is 43.0. The normalized spacial score (nSPS) is 18.5. The fourth-order valence-corrected chi connectivity index (χ4v) is 6.14. The molecule has 1 aliphatic heterocycles. The lowest BCUT2D eigenvalue weighted by Crippen LogP contribution is -2.51. The van der Waals surface area contributed by atoms with Crippen LogP contribution in [0.3, 0.4) is 0 Å². The van der Waals surface area contributed by atoms with Crippen LogP contribution in [0.4, 0.5) is 20.3 Å². The molecule has 8 nitrogen and oxygen atoms in total. The molecule has 246 valence electrons. The molecule has 0 spiro atoms. The molecule has 2 fully saturated rings. The summed E-state index contributed by atoms with van der Waals surface area (Å²) in [5, 5.41) is 9.38. The van der Waals surface area contributed by atoms with E-state index in [-0.39, 0.29) is 36.7 Å². The number of methoxy groups -OCH3 is 1. The minimum atomic E-state index is -3.11. The zero-order valence-corrected chi connectivity index (χ0v) is 26.9. The molecule has 1 aliphatic carbocycles. The zero-order chi connectivity index (χ0) is 33.1. The standard InChI is InChI=1S/C36H43F2N3O5/c1-35(2,3)22-41(32-10-5-6-16-39-32)34(44)29-14-13-27(45-4)19-31(29)40-17-15-26(36(37,38)23-40)21-46-28-9-7-8-25(18-28)30(20-33(42)43)24-11-12-24/h5-10,13-14,16,18-19,24,26,30H,11-12,15,17,20-23H2,1-4H3,(H,42,43)/t26?,30-/m0/s1. The van der Waals surface area contributed by atoms with Gasteiger partial charge >= 0.3 is 5.97 Å². The van der Waals surface area contributed by atoms with Crippen molar-refractivity contribution in [2.75, 3.05) is 43.2 Å². The Morgan fingerprint density at radius 1 is 1.07 bits per heavy atom. The Morgan fingerprint density at radius 2 is 1.85 bits per heavy atom. The second-order valence-corrected chi connectivity index (χ2v) is 13.6. The summed E-state index contributed by atoms with van der Waals surface area (Å²) in [4.78, 5) is 33.1. The summed E-state index contributed by atoms with van der Waals surface area (Å²) in [7, 11) is 1.50. The van der Waals surface area contributed by atoms with Crippen LogP contribution in [0.25, 0.3) is 0 Å². The second kappa shape index (κ2) is 13.6. The minimum absolute atomic E-state index is 0.0369. The molecule has 2 aromatic carbocycles. The van der Waals surface area contributed by atoms with Crippen molar-refractivity contribution in [3.05, 3.63) is 78.0 Å². The summed E-state index contributed by atoms with van der Waals surface area (Å²) in [6, 6.07) is 17.5. The third-order valence-corrected chi connectivity index (χ3v) is 8.65. The fourth-order valence-electron chi connectivity index (χ4n) is 6.14. The minimum Gasteiger partial charge on any atom is -0.497 e. The van der Waals surface area contributed by atoms with Crippen molar-refractivity contribution in [2.45, 2.75) is 58.3 Å². The van der Waals surface area contributed by atoms with Gasteiger partial charge in [0.05, 0.1) is 43.9 Å². The van der Waals surface area contributed by atoms with Gasteiger partial charge in [-0.25, -0.2) is 13.8 Å². The number of benzene rings is 2. The number of nitrogens with zero attached hydrogens (tertiary/aromatic N) is 3. The van der Waals surface area contributed by atoms with Crippen LogP contribution in [-0.4, -0.2) is 61.2 Å². The van der Waals surface area contributed by atoms with Crippen LogP contribution in [0.15, 0.2) is 66.9 Å². The Bertz CT molecular complexity index is 1520. The molecule has 5 rings (SSSR count). The van der Waals surface area contributed by atoms with Crippen molar-refractivity contribution in [2.24, 2.45) is 17.3 Å². The molecular weight excluding hydrogens is 592 g/mol. The van der Waals surface area contributed by atoms with Gasteiger partial charge in [0.1, 0.15) is 17.3 Å². The van der Waals surface area contributed by atoms with Crippen LogP contribution in [0.2, 0.25) is 0 Å². The molecule has 0 radical (unpaired) electrons. The predicted molar refractivity (Wildman–Crippen MR) is 173 cm³/mol. The monoisotopic (exact) mass is 635 g/mol. The largest absolute Gasteiger partial charge is 0.497 e. The van der Waals surface area contributed by atoms with E-state index in [0.29, 0.717) is 47.6 Å². The van der Waals surface area contributed by atoms with Gasteiger partial charge in [0.15, 0.2) is 0 Å². The van der Waals surface area contributed by atoms with E-state index in [0.717, 1.165) is 18.4 Å². The average Bonchev–Trinajstić information content (AvgIpc) is 3.86. The molecular formula is C36H43F2N3O5. The lowest BCUT2D eigenvalue weighted by molar-refractivity contribution is -0.137. The third kappa shape index (κ3) is 8.13. The molecule has 2 atom stereocenters. The van der Waals surface area contributed by atoms with Crippen molar-refractivity contribution in [1.82, 2.24) is 4.98 Å². The van der Waals surface area contributed by atoms with Gasteiger partial charge in [-0.2, -0.15) is 0 Å². The molecule has 1 saturated carbocycles. The first-order chi connectivity index (χ1) is 21.8. The number of ether oxygens (including phenoxy) is 2. The number of piperidine rings is 1. The van der Waals surface area contributed by atoms with Crippen LogP contribution in [0.1, 0.15) is 68.3 Å². The number of hydrogen-bond acceptors (Lipinski definition) is 6. The maximum absolute atomic E-state index is 15.8. The number of amides is 1. The van der Waals surface area contributed by atoms with E-state index < -0.39 is 24.4 Å². The molecule has 1 amide bonds. The second-order valence-electron chi connectivity index (χ2n) is 13.6. The highest BCUT2D eigenvalue weighted by Crippen LogP contribution is 2.45. The number of halogens is 2. The highest BCUT2D eigenvalue weighted by molar-refractivity contribution is 6.09. The Labute approximate surface area is 269 Å². The van der Waals surface area contributed by atoms with E-state index in [1.54, 1.807) is 64.5 Å². The molecule has 1 saturated heterocycles. The van der Waals surface area contributed by atoms with Crippen molar-refractivity contribution in [1.29, 1.82) is 0 Å². The average molecular weight is 636 g/mol. The van der Waals surface area contributed by atoms with Crippen LogP contribution in [0.5, 0.6) is 11.5 Å². The topological polar surface area (TPSA) is 92.2 Å². The molecule has 3 aromatic rings. The Kier molecular flexibility index (Phi) is 9.84. The summed E-state index contributed by atoms with van der Waals surface area (Å²) in [6.45, 7) is 5.98. The fraction of sp³-hybridized carbons (Fsp3) is 0.472. The van der Waals surface area contributed by atoms with Gasteiger partial charge in [0, 0.05) is 25.4 Å². The van der Waals surface area contributed by atoms with Crippen molar-refractivity contribution in [3.63, 3.8) is 0 Å². The van der Waals surface area contributed by atoms with Crippen molar-refractivity contribution < 1.29 is 33.0 Å². The molecule has 1 aromatic heterocycles. The van der Waals surface area contributed by atoms with Gasteiger partial charge < -0.3 is 19.5 Å². The number of pyridine rings is 1. The van der Waals surface area contributed by atoms with Crippen molar-refractivity contribution in [3.8, 4) is 11.5 Å². The molecule has 0 bridgehead atoms. The van der Waals surface area contributed by atoms with E-state index >= 15 is 8.78 Å². The number of carboxylic acid groups (broad SMARTS) is 1. The SMILES string of the molecule is COc1ccc(C(=O)N(CC(C)(C)C)c2ccccn2)c(N2CCC(COc3cccc([C@@H](CC(=O)O)C4CC4)c3)C(F)(F)C2)c1. The maximum Gasteiger partial charge on any atom is 0.303 e. The molecule has 2 aliphatic rings. The van der Waals surface area contributed by atoms with Crippen molar-refractivity contribution >= 4 is 23.4 Å².